The molecule has 1 aromatic carbocycles. The van der Waals surface area contributed by atoms with Crippen LogP contribution in [0.3, 0.4) is 0 Å². The summed E-state index contributed by atoms with van der Waals surface area (Å²) in [6, 6.07) is 10.4. The van der Waals surface area contributed by atoms with Crippen LogP contribution in [0.25, 0.3) is 0 Å². The standard InChI is InChI=1S/C16H18O/c1-2-8-14(9-3-1)16-12-15(10-11-17-16)13-6-4-5-7-13/h1-3,8-13,16H,4-7H2. The highest BCUT2D eigenvalue weighted by molar-refractivity contribution is 5.31. The summed E-state index contributed by atoms with van der Waals surface area (Å²) < 4.78 is 5.70. The lowest BCUT2D eigenvalue weighted by Gasteiger charge is -2.21. The van der Waals surface area contributed by atoms with E-state index in [1.54, 1.807) is 0 Å². The van der Waals surface area contributed by atoms with E-state index >= 15 is 0 Å². The minimum Gasteiger partial charge on any atom is -0.489 e. The quantitative estimate of drug-likeness (QED) is 0.726. The molecule has 0 amide bonds. The Labute approximate surface area is 103 Å². The Hall–Kier alpha value is -1.50. The molecule has 0 spiro atoms. The Balaban J connectivity index is 1.81. The summed E-state index contributed by atoms with van der Waals surface area (Å²) in [7, 11) is 0. The van der Waals surface area contributed by atoms with Gasteiger partial charge in [0.05, 0.1) is 6.26 Å². The SMILES string of the molecule is C1=CC(C2CCCC2)=CC(c2ccccc2)O1. The molecule has 0 saturated heterocycles. The minimum atomic E-state index is 0.108. The zero-order chi connectivity index (χ0) is 11.5. The summed E-state index contributed by atoms with van der Waals surface area (Å²) in [5.41, 5.74) is 2.72. The topological polar surface area (TPSA) is 9.23 Å². The fraction of sp³-hybridized carbons (Fsp3) is 0.375. The highest BCUT2D eigenvalue weighted by atomic mass is 16.5. The summed E-state index contributed by atoms with van der Waals surface area (Å²) in [5, 5.41) is 0. The van der Waals surface area contributed by atoms with Gasteiger partial charge in [0.25, 0.3) is 0 Å². The molecule has 3 rings (SSSR count). The first-order chi connectivity index (χ1) is 8.43. The number of allylic oxidation sites excluding steroid dienone is 2. The molecule has 0 bridgehead atoms. The third-order valence-electron chi connectivity index (χ3n) is 3.78. The summed E-state index contributed by atoms with van der Waals surface area (Å²) in [6.45, 7) is 0. The van der Waals surface area contributed by atoms with Crippen molar-refractivity contribution in [2.24, 2.45) is 5.92 Å². The average Bonchev–Trinajstić information content (AvgIpc) is 2.94. The number of hydrogen-bond donors (Lipinski definition) is 0. The predicted octanol–water partition coefficient (Wildman–Crippen LogP) is 4.39. The first-order valence-corrected chi connectivity index (χ1v) is 6.52. The second kappa shape index (κ2) is 4.79. The lowest BCUT2D eigenvalue weighted by Crippen LogP contribution is -2.06. The van der Waals surface area contributed by atoms with Crippen molar-refractivity contribution < 1.29 is 4.74 Å². The molecule has 0 aromatic heterocycles. The zero-order valence-electron chi connectivity index (χ0n) is 10.0. The van der Waals surface area contributed by atoms with Crippen LogP contribution in [0.4, 0.5) is 0 Å². The van der Waals surface area contributed by atoms with Crippen molar-refractivity contribution in [1.82, 2.24) is 0 Å². The van der Waals surface area contributed by atoms with Crippen LogP contribution < -0.4 is 0 Å². The van der Waals surface area contributed by atoms with Crippen molar-refractivity contribution in [3.8, 4) is 0 Å². The summed E-state index contributed by atoms with van der Waals surface area (Å²) in [6.07, 6.45) is 11.9. The maximum Gasteiger partial charge on any atom is 0.142 e. The molecule has 1 atom stereocenters. The van der Waals surface area contributed by atoms with Crippen molar-refractivity contribution in [3.63, 3.8) is 0 Å². The number of rotatable bonds is 2. The normalized spacial score (nSPS) is 24.5. The monoisotopic (exact) mass is 226 g/mol. The van der Waals surface area contributed by atoms with Gasteiger partial charge in [-0.2, -0.15) is 0 Å². The minimum absolute atomic E-state index is 0.108. The molecule has 2 aliphatic rings. The smallest absolute Gasteiger partial charge is 0.142 e. The van der Waals surface area contributed by atoms with E-state index in [4.69, 9.17) is 4.74 Å². The second-order valence-corrected chi connectivity index (χ2v) is 4.92. The summed E-state index contributed by atoms with van der Waals surface area (Å²) in [5.74, 6) is 0.765. The molecule has 1 aromatic rings. The Morgan fingerprint density at radius 1 is 1.00 bits per heavy atom. The van der Waals surface area contributed by atoms with E-state index in [9.17, 15) is 0 Å². The molecule has 1 heterocycles. The molecule has 1 saturated carbocycles. The lowest BCUT2D eigenvalue weighted by molar-refractivity contribution is 0.183. The Kier molecular flexibility index (Phi) is 3.00. The van der Waals surface area contributed by atoms with E-state index in [1.807, 2.05) is 12.3 Å². The van der Waals surface area contributed by atoms with Crippen molar-refractivity contribution in [3.05, 3.63) is 59.9 Å². The second-order valence-electron chi connectivity index (χ2n) is 4.92. The van der Waals surface area contributed by atoms with E-state index < -0.39 is 0 Å². The molecular weight excluding hydrogens is 208 g/mol. The first kappa shape index (κ1) is 10.6. The molecule has 1 fully saturated rings. The van der Waals surface area contributed by atoms with Crippen molar-refractivity contribution >= 4 is 0 Å². The predicted molar refractivity (Wildman–Crippen MR) is 69.4 cm³/mol. The van der Waals surface area contributed by atoms with Crippen LogP contribution >= 0.6 is 0 Å². The Morgan fingerprint density at radius 2 is 1.76 bits per heavy atom. The van der Waals surface area contributed by atoms with Crippen LogP contribution in [-0.2, 0) is 4.74 Å². The van der Waals surface area contributed by atoms with Gasteiger partial charge in [-0.05, 0) is 42.0 Å². The third-order valence-corrected chi connectivity index (χ3v) is 3.78. The fourth-order valence-corrected chi connectivity index (χ4v) is 2.82. The third kappa shape index (κ3) is 2.28. The highest BCUT2D eigenvalue weighted by Crippen LogP contribution is 2.35. The molecule has 1 aliphatic carbocycles. The van der Waals surface area contributed by atoms with Gasteiger partial charge in [-0.3, -0.25) is 0 Å². The Bertz CT molecular complexity index is 424. The molecular formula is C16H18O. The van der Waals surface area contributed by atoms with Gasteiger partial charge in [-0.15, -0.1) is 0 Å². The number of hydrogen-bond acceptors (Lipinski definition) is 1. The number of ether oxygens (including phenoxy) is 1. The zero-order valence-corrected chi connectivity index (χ0v) is 10.0. The van der Waals surface area contributed by atoms with Gasteiger partial charge in [0.1, 0.15) is 6.10 Å². The van der Waals surface area contributed by atoms with Crippen molar-refractivity contribution in [2.75, 3.05) is 0 Å². The molecule has 1 unspecified atom stereocenters. The average molecular weight is 226 g/mol. The largest absolute Gasteiger partial charge is 0.489 e. The molecule has 1 heteroatoms. The van der Waals surface area contributed by atoms with E-state index in [0.29, 0.717) is 0 Å². The van der Waals surface area contributed by atoms with Crippen LogP contribution in [0.2, 0.25) is 0 Å². The van der Waals surface area contributed by atoms with Gasteiger partial charge >= 0.3 is 0 Å². The first-order valence-electron chi connectivity index (χ1n) is 6.52. The van der Waals surface area contributed by atoms with Gasteiger partial charge in [0.15, 0.2) is 0 Å². The summed E-state index contributed by atoms with van der Waals surface area (Å²) in [4.78, 5) is 0. The molecule has 0 N–H and O–H groups in total. The lowest BCUT2D eigenvalue weighted by atomic mass is 9.93. The van der Waals surface area contributed by atoms with Crippen LogP contribution in [-0.4, -0.2) is 0 Å². The van der Waals surface area contributed by atoms with Crippen LogP contribution in [0, 0.1) is 5.92 Å². The fourth-order valence-electron chi connectivity index (χ4n) is 2.82. The van der Waals surface area contributed by atoms with E-state index in [2.05, 4.69) is 36.4 Å². The Morgan fingerprint density at radius 3 is 2.53 bits per heavy atom. The molecule has 0 radical (unpaired) electrons. The van der Waals surface area contributed by atoms with Gasteiger partial charge in [-0.25, -0.2) is 0 Å². The molecule has 1 nitrogen and oxygen atoms in total. The maximum absolute atomic E-state index is 5.70. The van der Waals surface area contributed by atoms with E-state index in [1.165, 1.54) is 36.8 Å². The van der Waals surface area contributed by atoms with Crippen LogP contribution in [0.1, 0.15) is 37.4 Å². The maximum atomic E-state index is 5.70. The van der Waals surface area contributed by atoms with Gasteiger partial charge in [-0.1, -0.05) is 43.2 Å². The van der Waals surface area contributed by atoms with Crippen LogP contribution in [0.15, 0.2) is 54.3 Å². The number of benzene rings is 1. The van der Waals surface area contributed by atoms with Gasteiger partial charge in [0.2, 0.25) is 0 Å². The van der Waals surface area contributed by atoms with Crippen molar-refractivity contribution in [2.45, 2.75) is 31.8 Å². The molecule has 17 heavy (non-hydrogen) atoms. The highest BCUT2D eigenvalue weighted by Gasteiger charge is 2.21. The van der Waals surface area contributed by atoms with E-state index in [-0.39, 0.29) is 6.10 Å². The van der Waals surface area contributed by atoms with Crippen LogP contribution in [0.5, 0.6) is 0 Å². The molecule has 1 aliphatic heterocycles. The van der Waals surface area contributed by atoms with E-state index in [0.717, 1.165) is 5.92 Å². The van der Waals surface area contributed by atoms with Gasteiger partial charge in [0, 0.05) is 0 Å². The van der Waals surface area contributed by atoms with Crippen molar-refractivity contribution in [1.29, 1.82) is 0 Å². The van der Waals surface area contributed by atoms with Gasteiger partial charge < -0.3 is 4.74 Å². The summed E-state index contributed by atoms with van der Waals surface area (Å²) >= 11 is 0. The molecule has 88 valence electrons.